The highest BCUT2D eigenvalue weighted by Crippen LogP contribution is 2.39. The molecule has 0 radical (unpaired) electrons. The molecule has 0 bridgehead atoms. The molecule has 178 valence electrons. The molecule has 0 saturated carbocycles. The zero-order valence-corrected chi connectivity index (χ0v) is 18.9. The van der Waals surface area contributed by atoms with Crippen molar-refractivity contribution in [3.8, 4) is 17.2 Å². The predicted molar refractivity (Wildman–Crippen MR) is 122 cm³/mol. The van der Waals surface area contributed by atoms with E-state index in [4.69, 9.17) is 18.9 Å². The molecule has 34 heavy (non-hydrogen) atoms. The van der Waals surface area contributed by atoms with E-state index >= 15 is 0 Å². The quantitative estimate of drug-likeness (QED) is 0.485. The third kappa shape index (κ3) is 4.81. The molecule has 0 aliphatic carbocycles. The van der Waals surface area contributed by atoms with Crippen LogP contribution in [-0.2, 0) is 19.1 Å². The first-order chi connectivity index (χ1) is 16.5. The molecule has 3 amide bonds. The fourth-order valence-electron chi connectivity index (χ4n) is 3.65. The standard InChI is InChI=1S/C24H25N3O7/c1-31-19-13-16(12-18-23(29)25-27(24(18)30)17-6-4-3-5-7-17)14-20(32-2)22(19)34-15-21(28)26-8-10-33-11-9-26/h3-7,12-14H,8-11,15H2,1-2H3,(H,25,29)/b18-12-. The second-order valence-corrected chi connectivity index (χ2v) is 7.51. The molecule has 2 heterocycles. The lowest BCUT2D eigenvalue weighted by molar-refractivity contribution is -0.137. The number of hydrogen-bond donors (Lipinski definition) is 1. The monoisotopic (exact) mass is 467 g/mol. The molecule has 10 heteroatoms. The second-order valence-electron chi connectivity index (χ2n) is 7.51. The lowest BCUT2D eigenvalue weighted by Crippen LogP contribution is -2.43. The maximum Gasteiger partial charge on any atom is 0.282 e. The Hall–Kier alpha value is -4.05. The minimum atomic E-state index is -0.525. The third-order valence-corrected chi connectivity index (χ3v) is 5.40. The van der Waals surface area contributed by atoms with Gasteiger partial charge in [0, 0.05) is 13.1 Å². The number of anilines is 1. The number of morpholine rings is 1. The first-order valence-electron chi connectivity index (χ1n) is 10.7. The summed E-state index contributed by atoms with van der Waals surface area (Å²) in [7, 11) is 2.90. The van der Waals surface area contributed by atoms with Gasteiger partial charge < -0.3 is 23.8 Å². The van der Waals surface area contributed by atoms with Crippen LogP contribution in [0.1, 0.15) is 5.56 Å². The van der Waals surface area contributed by atoms with Gasteiger partial charge in [0.1, 0.15) is 5.57 Å². The van der Waals surface area contributed by atoms with Crippen LogP contribution in [0.15, 0.2) is 48.0 Å². The van der Waals surface area contributed by atoms with Crippen molar-refractivity contribution in [3.63, 3.8) is 0 Å². The lowest BCUT2D eigenvalue weighted by atomic mass is 10.1. The molecular weight excluding hydrogens is 442 g/mol. The van der Waals surface area contributed by atoms with Crippen LogP contribution in [0.5, 0.6) is 17.2 Å². The summed E-state index contributed by atoms with van der Waals surface area (Å²) in [5.74, 6) is -0.331. The number of amides is 3. The minimum Gasteiger partial charge on any atom is -0.493 e. The van der Waals surface area contributed by atoms with E-state index in [9.17, 15) is 14.4 Å². The number of nitrogens with one attached hydrogen (secondary N) is 1. The molecule has 0 unspecified atom stereocenters. The van der Waals surface area contributed by atoms with Gasteiger partial charge in [-0.05, 0) is 35.9 Å². The second kappa shape index (κ2) is 10.3. The number of nitrogens with zero attached hydrogens (tertiary/aromatic N) is 2. The largest absolute Gasteiger partial charge is 0.493 e. The average Bonchev–Trinajstić information content (AvgIpc) is 3.16. The number of ether oxygens (including phenoxy) is 4. The van der Waals surface area contributed by atoms with Crippen molar-refractivity contribution in [1.29, 1.82) is 0 Å². The molecule has 2 aliphatic heterocycles. The van der Waals surface area contributed by atoms with E-state index in [1.807, 2.05) is 6.07 Å². The summed E-state index contributed by atoms with van der Waals surface area (Å²) in [5, 5.41) is 1.19. The summed E-state index contributed by atoms with van der Waals surface area (Å²) in [6, 6.07) is 12.0. The van der Waals surface area contributed by atoms with Crippen LogP contribution in [0.2, 0.25) is 0 Å². The van der Waals surface area contributed by atoms with Gasteiger partial charge in [0.2, 0.25) is 5.75 Å². The van der Waals surface area contributed by atoms with Crippen molar-refractivity contribution in [2.75, 3.05) is 52.1 Å². The van der Waals surface area contributed by atoms with Gasteiger partial charge in [0.05, 0.1) is 33.1 Å². The topological polar surface area (TPSA) is 107 Å². The Morgan fingerprint density at radius 2 is 1.71 bits per heavy atom. The van der Waals surface area contributed by atoms with E-state index in [1.54, 1.807) is 41.3 Å². The van der Waals surface area contributed by atoms with Crippen LogP contribution in [0, 0.1) is 0 Å². The van der Waals surface area contributed by atoms with Gasteiger partial charge in [0.15, 0.2) is 18.1 Å². The van der Waals surface area contributed by atoms with Crippen molar-refractivity contribution in [3.05, 3.63) is 53.6 Å². The smallest absolute Gasteiger partial charge is 0.282 e. The number of carbonyl (C=O) groups excluding carboxylic acids is 3. The van der Waals surface area contributed by atoms with Gasteiger partial charge in [-0.25, -0.2) is 5.01 Å². The van der Waals surface area contributed by atoms with Crippen molar-refractivity contribution < 1.29 is 33.3 Å². The van der Waals surface area contributed by atoms with Crippen molar-refractivity contribution in [1.82, 2.24) is 10.3 Å². The van der Waals surface area contributed by atoms with Crippen molar-refractivity contribution >= 4 is 29.5 Å². The SMILES string of the molecule is COc1cc(/C=C2/C(=O)NN(c3ccccc3)C2=O)cc(OC)c1OCC(=O)N1CCOCC1. The van der Waals surface area contributed by atoms with Crippen LogP contribution in [-0.4, -0.2) is 69.8 Å². The molecule has 2 aromatic carbocycles. The van der Waals surface area contributed by atoms with Gasteiger partial charge >= 0.3 is 0 Å². The Morgan fingerprint density at radius 3 is 2.32 bits per heavy atom. The normalized spacial score (nSPS) is 17.1. The summed E-state index contributed by atoms with van der Waals surface area (Å²) in [6.07, 6.45) is 1.45. The molecule has 1 N–H and O–H groups in total. The van der Waals surface area contributed by atoms with E-state index in [0.29, 0.717) is 49.1 Å². The molecule has 10 nitrogen and oxygen atoms in total. The lowest BCUT2D eigenvalue weighted by Gasteiger charge is -2.27. The number of benzene rings is 2. The number of carbonyl (C=O) groups is 3. The first kappa shape index (κ1) is 23.1. The maximum absolute atomic E-state index is 12.9. The Labute approximate surface area is 196 Å². The summed E-state index contributed by atoms with van der Waals surface area (Å²) in [6.45, 7) is 1.82. The molecule has 2 aliphatic rings. The number of hydrazine groups is 1. The van der Waals surface area contributed by atoms with Gasteiger partial charge in [0.25, 0.3) is 17.7 Å². The highest BCUT2D eigenvalue weighted by Gasteiger charge is 2.34. The van der Waals surface area contributed by atoms with Gasteiger partial charge in [-0.1, -0.05) is 18.2 Å². The van der Waals surface area contributed by atoms with E-state index in [2.05, 4.69) is 5.43 Å². The number of rotatable bonds is 7. The Morgan fingerprint density at radius 1 is 1.06 bits per heavy atom. The first-order valence-corrected chi connectivity index (χ1v) is 10.7. The Balaban J connectivity index is 1.56. The maximum atomic E-state index is 12.9. The van der Waals surface area contributed by atoms with Crippen LogP contribution >= 0.6 is 0 Å². The molecule has 4 rings (SSSR count). The predicted octanol–water partition coefficient (Wildman–Crippen LogP) is 1.40. The van der Waals surface area contributed by atoms with Crippen molar-refractivity contribution in [2.24, 2.45) is 0 Å². The van der Waals surface area contributed by atoms with Gasteiger partial charge in [-0.15, -0.1) is 0 Å². The molecular formula is C24H25N3O7. The van der Waals surface area contributed by atoms with Crippen molar-refractivity contribution in [2.45, 2.75) is 0 Å². The molecule has 0 spiro atoms. The fraction of sp³-hybridized carbons (Fsp3) is 0.292. The summed E-state index contributed by atoms with van der Waals surface area (Å²) in [5.41, 5.74) is 3.57. The molecule has 2 saturated heterocycles. The minimum absolute atomic E-state index is 0.0378. The third-order valence-electron chi connectivity index (χ3n) is 5.40. The van der Waals surface area contributed by atoms with Crippen LogP contribution in [0.3, 0.4) is 0 Å². The Bertz CT molecular complexity index is 1090. The van der Waals surface area contributed by atoms with E-state index < -0.39 is 11.8 Å². The van der Waals surface area contributed by atoms with Crippen LogP contribution in [0.4, 0.5) is 5.69 Å². The number of para-hydroxylation sites is 1. The summed E-state index contributed by atoms with van der Waals surface area (Å²) < 4.78 is 21.9. The Kier molecular flexibility index (Phi) is 6.98. The van der Waals surface area contributed by atoms with Crippen LogP contribution < -0.4 is 24.6 Å². The number of hydrogen-bond acceptors (Lipinski definition) is 7. The zero-order valence-electron chi connectivity index (χ0n) is 18.9. The molecule has 0 atom stereocenters. The van der Waals surface area contributed by atoms with E-state index in [1.165, 1.54) is 25.3 Å². The van der Waals surface area contributed by atoms with E-state index in [0.717, 1.165) is 0 Å². The van der Waals surface area contributed by atoms with Gasteiger partial charge in [-0.3, -0.25) is 19.8 Å². The summed E-state index contributed by atoms with van der Waals surface area (Å²) >= 11 is 0. The molecule has 0 aromatic heterocycles. The highest BCUT2D eigenvalue weighted by molar-refractivity contribution is 6.31. The molecule has 2 fully saturated rings. The van der Waals surface area contributed by atoms with Crippen LogP contribution in [0.25, 0.3) is 6.08 Å². The average molecular weight is 467 g/mol. The number of methoxy groups -OCH3 is 2. The zero-order chi connectivity index (χ0) is 24.1. The van der Waals surface area contributed by atoms with Gasteiger partial charge in [-0.2, -0.15) is 0 Å². The highest BCUT2D eigenvalue weighted by atomic mass is 16.5. The fourth-order valence-corrected chi connectivity index (χ4v) is 3.65. The van der Waals surface area contributed by atoms with E-state index in [-0.39, 0.29) is 23.8 Å². The molecule has 2 aromatic rings. The summed E-state index contributed by atoms with van der Waals surface area (Å²) in [4.78, 5) is 39.5.